The van der Waals surface area contributed by atoms with Crippen molar-refractivity contribution in [2.75, 3.05) is 11.9 Å². The fourth-order valence-electron chi connectivity index (χ4n) is 1.76. The molecule has 1 amide bonds. The number of nitrogens with one attached hydrogen (secondary N) is 1. The van der Waals surface area contributed by atoms with Crippen molar-refractivity contribution in [3.05, 3.63) is 59.2 Å². The van der Waals surface area contributed by atoms with Gasteiger partial charge in [0.1, 0.15) is 11.5 Å². The number of amides is 1. The lowest BCUT2D eigenvalue weighted by atomic mass is 10.1. The molecule has 1 aromatic heterocycles. The molecule has 0 atom stereocenters. The van der Waals surface area contributed by atoms with Gasteiger partial charge in [-0.3, -0.25) is 9.78 Å². The molecular formula is C16H14FN3O. The smallest absolute Gasteiger partial charge is 0.274 e. The van der Waals surface area contributed by atoms with Crippen LogP contribution >= 0.6 is 0 Å². The van der Waals surface area contributed by atoms with E-state index in [9.17, 15) is 9.18 Å². The van der Waals surface area contributed by atoms with Crippen LogP contribution < -0.4 is 11.1 Å². The number of hydrogen-bond donors (Lipinski definition) is 2. The quantitative estimate of drug-likeness (QED) is 0.829. The molecule has 1 heterocycles. The van der Waals surface area contributed by atoms with Crippen molar-refractivity contribution in [3.63, 3.8) is 0 Å². The van der Waals surface area contributed by atoms with Crippen LogP contribution in [-0.4, -0.2) is 17.4 Å². The van der Waals surface area contributed by atoms with E-state index in [2.05, 4.69) is 22.1 Å². The first kappa shape index (κ1) is 14.7. The van der Waals surface area contributed by atoms with Crippen LogP contribution in [0, 0.1) is 24.6 Å². The van der Waals surface area contributed by atoms with Gasteiger partial charge in [-0.05, 0) is 36.8 Å². The van der Waals surface area contributed by atoms with Crippen molar-refractivity contribution >= 4 is 11.6 Å². The molecule has 0 aliphatic heterocycles. The summed E-state index contributed by atoms with van der Waals surface area (Å²) in [4.78, 5) is 16.2. The summed E-state index contributed by atoms with van der Waals surface area (Å²) in [7, 11) is 0. The Morgan fingerprint density at radius 2 is 2.24 bits per heavy atom. The van der Waals surface area contributed by atoms with Crippen molar-refractivity contribution in [2.45, 2.75) is 6.92 Å². The molecule has 4 nitrogen and oxygen atoms in total. The fourth-order valence-corrected chi connectivity index (χ4v) is 1.76. The van der Waals surface area contributed by atoms with Crippen molar-refractivity contribution in [1.29, 1.82) is 0 Å². The van der Waals surface area contributed by atoms with Crippen LogP contribution in [0.1, 0.15) is 21.6 Å². The lowest BCUT2D eigenvalue weighted by Crippen LogP contribution is -2.15. The number of aromatic nitrogens is 1. The molecular weight excluding hydrogens is 269 g/mol. The third-order valence-corrected chi connectivity index (χ3v) is 2.77. The van der Waals surface area contributed by atoms with Gasteiger partial charge in [-0.2, -0.15) is 0 Å². The summed E-state index contributed by atoms with van der Waals surface area (Å²) in [6, 6.07) is 7.74. The van der Waals surface area contributed by atoms with E-state index in [-0.39, 0.29) is 18.0 Å². The number of anilines is 1. The predicted octanol–water partition coefficient (Wildman–Crippen LogP) is 2.09. The van der Waals surface area contributed by atoms with Crippen molar-refractivity contribution in [2.24, 2.45) is 5.73 Å². The number of halogens is 1. The second-order valence-electron chi connectivity index (χ2n) is 4.32. The van der Waals surface area contributed by atoms with Crippen LogP contribution in [0.25, 0.3) is 0 Å². The van der Waals surface area contributed by atoms with Gasteiger partial charge in [0.25, 0.3) is 5.91 Å². The van der Waals surface area contributed by atoms with Gasteiger partial charge in [0, 0.05) is 11.9 Å². The Morgan fingerprint density at radius 3 is 2.95 bits per heavy atom. The van der Waals surface area contributed by atoms with Crippen LogP contribution in [0.4, 0.5) is 10.1 Å². The first-order chi connectivity index (χ1) is 10.1. The fraction of sp³-hybridized carbons (Fsp3) is 0.125. The van der Waals surface area contributed by atoms with Crippen LogP contribution in [0.3, 0.4) is 0 Å². The number of benzene rings is 1. The molecule has 21 heavy (non-hydrogen) atoms. The predicted molar refractivity (Wildman–Crippen MR) is 79.3 cm³/mol. The first-order valence-corrected chi connectivity index (χ1v) is 6.33. The van der Waals surface area contributed by atoms with E-state index in [1.165, 1.54) is 18.2 Å². The van der Waals surface area contributed by atoms with Gasteiger partial charge >= 0.3 is 0 Å². The molecule has 106 valence electrons. The Labute approximate surface area is 122 Å². The first-order valence-electron chi connectivity index (χ1n) is 6.33. The maximum absolute atomic E-state index is 13.5. The lowest BCUT2D eigenvalue weighted by molar-refractivity contribution is 0.102. The van der Waals surface area contributed by atoms with Gasteiger partial charge in [0.15, 0.2) is 0 Å². The summed E-state index contributed by atoms with van der Waals surface area (Å²) in [5.74, 6) is 4.39. The Hall–Kier alpha value is -2.71. The summed E-state index contributed by atoms with van der Waals surface area (Å²) in [6.07, 6.45) is 1.55. The number of hydrogen-bond acceptors (Lipinski definition) is 3. The van der Waals surface area contributed by atoms with Crippen molar-refractivity contribution < 1.29 is 9.18 Å². The zero-order chi connectivity index (χ0) is 15.2. The molecule has 0 aliphatic carbocycles. The summed E-state index contributed by atoms with van der Waals surface area (Å²) in [6.45, 7) is 1.94. The number of aryl methyl sites for hydroxylation is 1. The van der Waals surface area contributed by atoms with E-state index >= 15 is 0 Å². The van der Waals surface area contributed by atoms with Crippen LogP contribution in [0.5, 0.6) is 0 Å². The molecule has 0 fully saturated rings. The Morgan fingerprint density at radius 1 is 1.43 bits per heavy atom. The highest BCUT2D eigenvalue weighted by Crippen LogP contribution is 2.15. The highest BCUT2D eigenvalue weighted by atomic mass is 19.1. The average Bonchev–Trinajstić information content (AvgIpc) is 2.48. The highest BCUT2D eigenvalue weighted by Gasteiger charge is 2.11. The molecule has 0 radical (unpaired) electrons. The normalized spacial score (nSPS) is 9.67. The van der Waals surface area contributed by atoms with Gasteiger partial charge in [0.2, 0.25) is 0 Å². The zero-order valence-corrected chi connectivity index (χ0v) is 11.5. The van der Waals surface area contributed by atoms with Crippen molar-refractivity contribution in [3.8, 4) is 11.8 Å². The molecule has 0 bridgehead atoms. The van der Waals surface area contributed by atoms with Crippen molar-refractivity contribution in [1.82, 2.24) is 4.98 Å². The minimum Gasteiger partial charge on any atom is -0.321 e. The highest BCUT2D eigenvalue weighted by molar-refractivity contribution is 6.03. The molecule has 2 rings (SSSR count). The summed E-state index contributed by atoms with van der Waals surface area (Å²) in [5.41, 5.74) is 7.00. The molecule has 0 saturated carbocycles. The van der Waals surface area contributed by atoms with Gasteiger partial charge in [-0.1, -0.05) is 17.9 Å². The van der Waals surface area contributed by atoms with Crippen LogP contribution in [0.2, 0.25) is 0 Å². The maximum atomic E-state index is 13.5. The lowest BCUT2D eigenvalue weighted by Gasteiger charge is -2.07. The second kappa shape index (κ2) is 6.64. The number of carbonyl (C=O) groups excluding carboxylic acids is 1. The monoisotopic (exact) mass is 283 g/mol. The molecule has 0 spiro atoms. The van der Waals surface area contributed by atoms with E-state index in [1.54, 1.807) is 25.3 Å². The number of carbonyl (C=O) groups is 1. The third kappa shape index (κ3) is 3.65. The minimum atomic E-state index is -0.456. The second-order valence-corrected chi connectivity index (χ2v) is 4.32. The summed E-state index contributed by atoms with van der Waals surface area (Å²) < 4.78 is 13.5. The van der Waals surface area contributed by atoms with Crippen LogP contribution in [-0.2, 0) is 0 Å². The molecule has 1 aromatic carbocycles. The van der Waals surface area contributed by atoms with Crippen LogP contribution in [0.15, 0.2) is 36.5 Å². The van der Waals surface area contributed by atoms with E-state index in [0.717, 1.165) is 5.56 Å². The van der Waals surface area contributed by atoms with E-state index in [1.807, 2.05) is 0 Å². The molecule has 0 unspecified atom stereocenters. The Bertz CT molecular complexity index is 732. The average molecular weight is 283 g/mol. The maximum Gasteiger partial charge on any atom is 0.274 e. The summed E-state index contributed by atoms with van der Waals surface area (Å²) >= 11 is 0. The van der Waals surface area contributed by atoms with Gasteiger partial charge in [0.05, 0.1) is 12.1 Å². The standard InChI is InChI=1S/C16H14FN3O/c1-11-4-3-9-19-15(11)16(21)20-13-6-7-14(17)12(10-13)5-2-8-18/h3-4,6-7,9-10H,8,18H2,1H3,(H,20,21). The SMILES string of the molecule is Cc1cccnc1C(=O)Nc1ccc(F)c(C#CCN)c1. The summed E-state index contributed by atoms with van der Waals surface area (Å²) in [5, 5.41) is 2.68. The van der Waals surface area contributed by atoms with Gasteiger partial charge in [-0.25, -0.2) is 4.39 Å². The molecule has 5 heteroatoms. The number of nitrogens with zero attached hydrogens (tertiary/aromatic N) is 1. The number of nitrogens with two attached hydrogens (primary N) is 1. The largest absolute Gasteiger partial charge is 0.321 e. The number of pyridine rings is 1. The van der Waals surface area contributed by atoms with Gasteiger partial charge in [-0.15, -0.1) is 0 Å². The Balaban J connectivity index is 2.24. The minimum absolute atomic E-state index is 0.142. The van der Waals surface area contributed by atoms with Gasteiger partial charge < -0.3 is 11.1 Å². The molecule has 2 aromatic rings. The zero-order valence-electron chi connectivity index (χ0n) is 11.5. The van der Waals surface area contributed by atoms with E-state index in [0.29, 0.717) is 11.4 Å². The topological polar surface area (TPSA) is 68.0 Å². The molecule has 0 aliphatic rings. The molecule has 0 saturated heterocycles. The van der Waals surface area contributed by atoms with E-state index < -0.39 is 5.82 Å². The third-order valence-electron chi connectivity index (χ3n) is 2.77. The van der Waals surface area contributed by atoms with E-state index in [4.69, 9.17) is 5.73 Å². The molecule has 3 N–H and O–H groups in total. The number of rotatable bonds is 2. The Kier molecular flexibility index (Phi) is 4.64.